The summed E-state index contributed by atoms with van der Waals surface area (Å²) in [5.41, 5.74) is 1.10. The minimum absolute atomic E-state index is 0.0242. The molecule has 0 aliphatic carbocycles. The molecule has 1 saturated heterocycles. The number of aryl methyl sites for hydroxylation is 2. The number of carboxylic acids is 1. The number of aromatic nitrogens is 2. The Labute approximate surface area is 188 Å². The van der Waals surface area contributed by atoms with Crippen molar-refractivity contribution in [3.63, 3.8) is 0 Å². The van der Waals surface area contributed by atoms with Crippen LogP contribution in [-0.4, -0.2) is 56.5 Å². The number of nitrogens with zero attached hydrogens (tertiary/aromatic N) is 3. The molecule has 1 aromatic carbocycles. The highest BCUT2D eigenvalue weighted by molar-refractivity contribution is 5.86. The van der Waals surface area contributed by atoms with Crippen molar-refractivity contribution in [2.75, 3.05) is 13.1 Å². The number of rotatable bonds is 12. The number of hydrogen-bond acceptors (Lipinski definition) is 4. The van der Waals surface area contributed by atoms with E-state index in [0.29, 0.717) is 25.8 Å². The van der Waals surface area contributed by atoms with Gasteiger partial charge in [-0.1, -0.05) is 30.3 Å². The summed E-state index contributed by atoms with van der Waals surface area (Å²) in [6.07, 6.45) is 9.01. The van der Waals surface area contributed by atoms with E-state index < -0.39 is 12.0 Å². The molecule has 1 aliphatic heterocycles. The van der Waals surface area contributed by atoms with E-state index in [4.69, 9.17) is 0 Å². The summed E-state index contributed by atoms with van der Waals surface area (Å²) in [6, 6.07) is 9.34. The number of aliphatic carboxylic acids is 1. The SMILES string of the molecule is O=C(O)CC(CCc1ccccc1)NC(=O)CC1CCCN(CCCn2ccnc2)C1=O. The second-order valence-electron chi connectivity index (χ2n) is 8.41. The smallest absolute Gasteiger partial charge is 0.305 e. The molecular formula is C24H32N4O4. The fourth-order valence-electron chi connectivity index (χ4n) is 4.23. The Morgan fingerprint density at radius 2 is 2.03 bits per heavy atom. The molecule has 0 bridgehead atoms. The number of imidazole rings is 1. The van der Waals surface area contributed by atoms with Gasteiger partial charge in [0.2, 0.25) is 11.8 Å². The van der Waals surface area contributed by atoms with Crippen LogP contribution in [0, 0.1) is 5.92 Å². The lowest BCUT2D eigenvalue weighted by molar-refractivity contribution is -0.142. The average molecular weight is 441 g/mol. The monoisotopic (exact) mass is 440 g/mol. The van der Waals surface area contributed by atoms with E-state index in [1.807, 2.05) is 46.0 Å². The van der Waals surface area contributed by atoms with Crippen molar-refractivity contribution < 1.29 is 19.5 Å². The van der Waals surface area contributed by atoms with Crippen LogP contribution < -0.4 is 5.32 Å². The van der Waals surface area contributed by atoms with Gasteiger partial charge in [0, 0.05) is 50.4 Å². The van der Waals surface area contributed by atoms with Crippen LogP contribution in [0.15, 0.2) is 49.1 Å². The predicted molar refractivity (Wildman–Crippen MR) is 120 cm³/mol. The molecule has 8 nitrogen and oxygen atoms in total. The highest BCUT2D eigenvalue weighted by Gasteiger charge is 2.30. The number of nitrogens with one attached hydrogen (secondary N) is 1. The molecule has 0 spiro atoms. The summed E-state index contributed by atoms with van der Waals surface area (Å²) in [4.78, 5) is 42.6. The van der Waals surface area contributed by atoms with E-state index >= 15 is 0 Å². The molecule has 8 heteroatoms. The summed E-state index contributed by atoms with van der Waals surface area (Å²) in [5.74, 6) is -1.50. The zero-order valence-corrected chi connectivity index (χ0v) is 18.4. The van der Waals surface area contributed by atoms with Gasteiger partial charge in [-0.05, 0) is 37.7 Å². The van der Waals surface area contributed by atoms with E-state index in [1.54, 1.807) is 12.5 Å². The number of carbonyl (C=O) groups is 3. The van der Waals surface area contributed by atoms with Crippen LogP contribution >= 0.6 is 0 Å². The lowest BCUT2D eigenvalue weighted by Gasteiger charge is -2.32. The number of carbonyl (C=O) groups excluding carboxylic acids is 2. The fourth-order valence-corrected chi connectivity index (χ4v) is 4.23. The number of likely N-dealkylation sites (tertiary alicyclic amines) is 1. The molecule has 2 N–H and O–H groups in total. The van der Waals surface area contributed by atoms with E-state index in [0.717, 1.165) is 31.5 Å². The molecule has 2 unspecified atom stereocenters. The van der Waals surface area contributed by atoms with Gasteiger partial charge in [-0.25, -0.2) is 4.98 Å². The lowest BCUT2D eigenvalue weighted by atomic mass is 9.93. The first-order valence-electron chi connectivity index (χ1n) is 11.3. The number of carboxylic acid groups (broad SMARTS) is 1. The third-order valence-electron chi connectivity index (χ3n) is 5.89. The first-order chi connectivity index (χ1) is 15.5. The molecule has 3 rings (SSSR count). The molecule has 1 aromatic heterocycles. The normalized spacial score (nSPS) is 17.2. The molecule has 1 aliphatic rings. The van der Waals surface area contributed by atoms with Crippen LogP contribution in [0.3, 0.4) is 0 Å². The van der Waals surface area contributed by atoms with Gasteiger partial charge in [-0.3, -0.25) is 14.4 Å². The Balaban J connectivity index is 1.47. The van der Waals surface area contributed by atoms with E-state index in [1.165, 1.54) is 0 Å². The van der Waals surface area contributed by atoms with Gasteiger partial charge in [0.15, 0.2) is 0 Å². The summed E-state index contributed by atoms with van der Waals surface area (Å²) in [5, 5.41) is 12.1. The Kier molecular flexibility index (Phi) is 8.83. The van der Waals surface area contributed by atoms with Crippen LogP contribution in [0.5, 0.6) is 0 Å². The van der Waals surface area contributed by atoms with Gasteiger partial charge in [0.1, 0.15) is 0 Å². The van der Waals surface area contributed by atoms with Crippen molar-refractivity contribution in [3.8, 4) is 0 Å². The minimum Gasteiger partial charge on any atom is -0.481 e. The van der Waals surface area contributed by atoms with E-state index in [-0.39, 0.29) is 30.6 Å². The second-order valence-corrected chi connectivity index (χ2v) is 8.41. The van der Waals surface area contributed by atoms with Gasteiger partial charge in [-0.15, -0.1) is 0 Å². The molecule has 172 valence electrons. The van der Waals surface area contributed by atoms with Gasteiger partial charge < -0.3 is 19.9 Å². The molecule has 0 radical (unpaired) electrons. The van der Waals surface area contributed by atoms with E-state index in [2.05, 4.69) is 10.3 Å². The van der Waals surface area contributed by atoms with Crippen molar-refractivity contribution in [1.29, 1.82) is 0 Å². The van der Waals surface area contributed by atoms with Crippen molar-refractivity contribution in [3.05, 3.63) is 54.6 Å². The van der Waals surface area contributed by atoms with Crippen LogP contribution in [0.4, 0.5) is 0 Å². The molecule has 2 heterocycles. The zero-order chi connectivity index (χ0) is 22.8. The largest absolute Gasteiger partial charge is 0.481 e. The van der Waals surface area contributed by atoms with Gasteiger partial charge in [-0.2, -0.15) is 0 Å². The van der Waals surface area contributed by atoms with Crippen molar-refractivity contribution in [1.82, 2.24) is 19.8 Å². The maximum atomic E-state index is 12.9. The maximum Gasteiger partial charge on any atom is 0.305 e. The minimum atomic E-state index is -0.943. The van der Waals surface area contributed by atoms with Crippen molar-refractivity contribution in [2.24, 2.45) is 5.92 Å². The first-order valence-corrected chi connectivity index (χ1v) is 11.3. The topological polar surface area (TPSA) is 105 Å². The highest BCUT2D eigenvalue weighted by atomic mass is 16.4. The Morgan fingerprint density at radius 1 is 1.22 bits per heavy atom. The van der Waals surface area contributed by atoms with Crippen LogP contribution in [0.25, 0.3) is 0 Å². The Morgan fingerprint density at radius 3 is 2.75 bits per heavy atom. The molecule has 0 saturated carbocycles. The molecule has 32 heavy (non-hydrogen) atoms. The molecule has 2 aromatic rings. The van der Waals surface area contributed by atoms with Crippen molar-refractivity contribution >= 4 is 17.8 Å². The Hall–Kier alpha value is -3.16. The van der Waals surface area contributed by atoms with Crippen LogP contribution in [-0.2, 0) is 27.3 Å². The fraction of sp³-hybridized carbons (Fsp3) is 0.500. The summed E-state index contributed by atoms with van der Waals surface area (Å²) in [7, 11) is 0. The molecule has 2 atom stereocenters. The first kappa shape index (κ1) is 23.5. The van der Waals surface area contributed by atoms with Gasteiger partial charge in [0.25, 0.3) is 0 Å². The number of piperidine rings is 1. The second kappa shape index (κ2) is 12.0. The summed E-state index contributed by atoms with van der Waals surface area (Å²) < 4.78 is 1.98. The number of hydrogen-bond donors (Lipinski definition) is 2. The third kappa shape index (κ3) is 7.51. The van der Waals surface area contributed by atoms with Gasteiger partial charge in [0.05, 0.1) is 12.7 Å². The standard InChI is InChI=1S/C24H32N4O4/c29-22(26-21(17-23(30)31)10-9-19-6-2-1-3-7-19)16-20-8-4-13-28(24(20)32)14-5-12-27-15-11-25-18-27/h1-3,6-7,11,15,18,20-21H,4-5,8-10,12-14,16-17H2,(H,26,29)(H,30,31). The predicted octanol–water partition coefficient (Wildman–Crippen LogP) is 2.49. The van der Waals surface area contributed by atoms with Gasteiger partial charge >= 0.3 is 5.97 Å². The summed E-state index contributed by atoms with van der Waals surface area (Å²) in [6.45, 7) is 2.18. The summed E-state index contributed by atoms with van der Waals surface area (Å²) >= 11 is 0. The quantitative estimate of drug-likeness (QED) is 0.528. The molecule has 2 amide bonds. The Bertz CT molecular complexity index is 869. The third-order valence-corrected chi connectivity index (χ3v) is 5.89. The van der Waals surface area contributed by atoms with Crippen molar-refractivity contribution in [2.45, 2.75) is 57.5 Å². The highest BCUT2D eigenvalue weighted by Crippen LogP contribution is 2.22. The molecular weight excluding hydrogens is 408 g/mol. The number of amides is 2. The number of benzene rings is 1. The maximum absolute atomic E-state index is 12.9. The average Bonchev–Trinajstić information content (AvgIpc) is 3.28. The lowest BCUT2D eigenvalue weighted by Crippen LogP contribution is -2.45. The zero-order valence-electron chi connectivity index (χ0n) is 18.4. The van der Waals surface area contributed by atoms with E-state index in [9.17, 15) is 19.5 Å². The van der Waals surface area contributed by atoms with Crippen LogP contribution in [0.2, 0.25) is 0 Å². The van der Waals surface area contributed by atoms with Crippen LogP contribution in [0.1, 0.15) is 44.1 Å². The molecule has 1 fully saturated rings.